The summed E-state index contributed by atoms with van der Waals surface area (Å²) in [5.74, 6) is -1.58. The van der Waals surface area contributed by atoms with E-state index in [1.54, 1.807) is 0 Å². The van der Waals surface area contributed by atoms with Gasteiger partial charge in [0.1, 0.15) is 4.88 Å². The minimum absolute atomic E-state index is 0.202. The first-order valence-corrected chi connectivity index (χ1v) is 7.37. The van der Waals surface area contributed by atoms with E-state index in [2.05, 4.69) is 15.3 Å². The summed E-state index contributed by atoms with van der Waals surface area (Å²) in [5, 5.41) is 13.1. The lowest BCUT2D eigenvalue weighted by Gasteiger charge is -2.12. The van der Waals surface area contributed by atoms with Crippen LogP contribution >= 0.6 is 11.3 Å². The minimum Gasteiger partial charge on any atom is -0.378 e. The van der Waals surface area contributed by atoms with Crippen molar-refractivity contribution in [2.24, 2.45) is 5.73 Å². The predicted molar refractivity (Wildman–Crippen MR) is 83.0 cm³/mol. The van der Waals surface area contributed by atoms with Crippen LogP contribution < -0.4 is 16.8 Å². The van der Waals surface area contributed by atoms with Crippen molar-refractivity contribution >= 4 is 33.9 Å². The zero-order chi connectivity index (χ0) is 18.9. The van der Waals surface area contributed by atoms with Gasteiger partial charge in [0.2, 0.25) is 5.82 Å². The minimum atomic E-state index is -4.83. The number of carbonyl (C=O) groups excluding carboxylic acids is 1. The van der Waals surface area contributed by atoms with Crippen LogP contribution in [0.2, 0.25) is 0 Å². The fourth-order valence-corrected chi connectivity index (χ4v) is 2.80. The van der Waals surface area contributed by atoms with E-state index in [0.717, 1.165) is 6.07 Å². The summed E-state index contributed by atoms with van der Waals surface area (Å²) in [6.07, 6.45) is -4.83. The van der Waals surface area contributed by atoms with Gasteiger partial charge in [0, 0.05) is 6.07 Å². The van der Waals surface area contributed by atoms with E-state index in [4.69, 9.17) is 11.5 Å². The van der Waals surface area contributed by atoms with Crippen molar-refractivity contribution in [3.63, 3.8) is 0 Å². The number of thiazole rings is 1. The number of nitrogens with one attached hydrogen (secondary N) is 1. The quantitative estimate of drug-likeness (QED) is 0.535. The number of pyridine rings is 1. The summed E-state index contributed by atoms with van der Waals surface area (Å²) in [4.78, 5) is 27.6. The second-order valence-corrected chi connectivity index (χ2v) is 5.82. The van der Waals surface area contributed by atoms with Gasteiger partial charge < -0.3 is 16.8 Å². The largest absolute Gasteiger partial charge is 0.435 e. The van der Waals surface area contributed by atoms with Gasteiger partial charge in [-0.05, 0) is 13.0 Å². The molecule has 2 rings (SSSR count). The fourth-order valence-electron chi connectivity index (χ4n) is 1.88. The Morgan fingerprint density at radius 2 is 2.04 bits per heavy atom. The average molecular weight is 376 g/mol. The van der Waals surface area contributed by atoms with Crippen LogP contribution in [0, 0.1) is 10.1 Å². The summed E-state index contributed by atoms with van der Waals surface area (Å²) in [6.45, 7) is 1.53. The highest BCUT2D eigenvalue weighted by Crippen LogP contribution is 2.36. The third-order valence-electron chi connectivity index (χ3n) is 3.02. The number of primary amides is 1. The van der Waals surface area contributed by atoms with Crippen molar-refractivity contribution < 1.29 is 22.9 Å². The van der Waals surface area contributed by atoms with E-state index in [1.165, 1.54) is 13.0 Å². The van der Waals surface area contributed by atoms with Crippen LogP contribution in [0.1, 0.15) is 34.0 Å². The lowest BCUT2D eigenvalue weighted by atomic mass is 10.2. The van der Waals surface area contributed by atoms with E-state index >= 15 is 0 Å². The van der Waals surface area contributed by atoms with E-state index in [0.29, 0.717) is 11.3 Å². The molecule has 25 heavy (non-hydrogen) atoms. The summed E-state index contributed by atoms with van der Waals surface area (Å²) < 4.78 is 38.6. The highest BCUT2D eigenvalue weighted by atomic mass is 32.1. The Morgan fingerprint density at radius 1 is 1.40 bits per heavy atom. The third-order valence-corrected chi connectivity index (χ3v) is 4.02. The second kappa shape index (κ2) is 6.51. The first kappa shape index (κ1) is 18.4. The summed E-state index contributed by atoms with van der Waals surface area (Å²) >= 11 is 0.446. The molecule has 0 aliphatic rings. The molecular formula is C12H11F3N6O3S. The number of rotatable bonds is 5. The maximum Gasteiger partial charge on any atom is 0.435 e. The van der Waals surface area contributed by atoms with Crippen LogP contribution in [0.4, 0.5) is 29.8 Å². The van der Waals surface area contributed by atoms with E-state index in [1.807, 2.05) is 0 Å². The Hall–Kier alpha value is -2.96. The number of nitrogens with zero attached hydrogens (tertiary/aromatic N) is 3. The summed E-state index contributed by atoms with van der Waals surface area (Å²) in [7, 11) is 0. The molecule has 0 saturated heterocycles. The van der Waals surface area contributed by atoms with Gasteiger partial charge >= 0.3 is 11.9 Å². The topological polar surface area (TPSA) is 150 Å². The number of aromatic nitrogens is 2. The molecule has 1 unspecified atom stereocenters. The van der Waals surface area contributed by atoms with E-state index < -0.39 is 33.6 Å². The number of alkyl halides is 3. The van der Waals surface area contributed by atoms with Gasteiger partial charge in [-0.2, -0.15) is 13.2 Å². The standard InChI is InChI=1S/C12H11F3N6O3S/c1-4(5-2-3-6(21(23)24)9(16)19-5)18-11-20-8(12(13,14)15)7(25-11)10(17)22/h2-4H,1H3,(H2,16,19)(H2,17,22)(H,18,20). The Morgan fingerprint density at radius 3 is 2.48 bits per heavy atom. The van der Waals surface area contributed by atoms with Gasteiger partial charge in [0.05, 0.1) is 16.7 Å². The van der Waals surface area contributed by atoms with Crippen molar-refractivity contribution in [2.45, 2.75) is 19.1 Å². The van der Waals surface area contributed by atoms with Crippen molar-refractivity contribution in [1.29, 1.82) is 0 Å². The van der Waals surface area contributed by atoms with Gasteiger partial charge in [-0.3, -0.25) is 14.9 Å². The Bertz CT molecular complexity index is 838. The fraction of sp³-hybridized carbons (Fsp3) is 0.250. The van der Waals surface area contributed by atoms with Gasteiger partial charge in [-0.1, -0.05) is 11.3 Å². The SMILES string of the molecule is CC(Nc1nc(C(F)(F)F)c(C(N)=O)s1)c1ccc([N+](=O)[O-])c(N)n1. The smallest absolute Gasteiger partial charge is 0.378 e. The van der Waals surface area contributed by atoms with Crippen molar-refractivity contribution in [1.82, 2.24) is 9.97 Å². The molecule has 1 amide bonds. The van der Waals surface area contributed by atoms with Gasteiger partial charge in [-0.25, -0.2) is 9.97 Å². The van der Waals surface area contributed by atoms with Crippen LogP contribution in [0.3, 0.4) is 0 Å². The van der Waals surface area contributed by atoms with Gasteiger partial charge in [-0.15, -0.1) is 0 Å². The number of halogens is 3. The van der Waals surface area contributed by atoms with Gasteiger partial charge in [0.15, 0.2) is 10.8 Å². The first-order valence-electron chi connectivity index (χ1n) is 6.56. The molecule has 134 valence electrons. The summed E-state index contributed by atoms with van der Waals surface area (Å²) in [5.41, 5.74) is 8.89. The van der Waals surface area contributed by atoms with Crippen molar-refractivity contribution in [3.05, 3.63) is 38.5 Å². The van der Waals surface area contributed by atoms with Crippen LogP contribution in [-0.4, -0.2) is 20.8 Å². The molecule has 0 bridgehead atoms. The molecule has 0 aliphatic carbocycles. The molecule has 0 aliphatic heterocycles. The lowest BCUT2D eigenvalue weighted by Crippen LogP contribution is -2.17. The predicted octanol–water partition coefficient (Wildman–Crippen LogP) is 2.32. The third kappa shape index (κ3) is 3.93. The zero-order valence-corrected chi connectivity index (χ0v) is 13.3. The maximum absolute atomic E-state index is 12.9. The van der Waals surface area contributed by atoms with Crippen LogP contribution in [-0.2, 0) is 6.18 Å². The highest BCUT2D eigenvalue weighted by Gasteiger charge is 2.39. The van der Waals surface area contributed by atoms with E-state index in [-0.39, 0.29) is 22.3 Å². The average Bonchev–Trinajstić information content (AvgIpc) is 2.91. The molecule has 0 fully saturated rings. The maximum atomic E-state index is 12.9. The Kier molecular flexibility index (Phi) is 4.78. The lowest BCUT2D eigenvalue weighted by molar-refractivity contribution is -0.384. The van der Waals surface area contributed by atoms with E-state index in [9.17, 15) is 28.1 Å². The number of nitrogens with two attached hydrogens (primary N) is 2. The second-order valence-electron chi connectivity index (χ2n) is 4.82. The monoisotopic (exact) mass is 376 g/mol. The normalized spacial score (nSPS) is 12.6. The van der Waals surface area contributed by atoms with Crippen LogP contribution in [0.15, 0.2) is 12.1 Å². The van der Waals surface area contributed by atoms with Gasteiger partial charge in [0.25, 0.3) is 5.91 Å². The molecule has 0 radical (unpaired) electrons. The molecule has 0 spiro atoms. The number of nitro groups is 1. The number of amides is 1. The van der Waals surface area contributed by atoms with Crippen LogP contribution in [0.25, 0.3) is 0 Å². The molecule has 2 heterocycles. The molecule has 5 N–H and O–H groups in total. The van der Waals surface area contributed by atoms with Crippen molar-refractivity contribution in [2.75, 3.05) is 11.1 Å². The Balaban J connectivity index is 2.29. The molecule has 9 nitrogen and oxygen atoms in total. The number of nitrogen functional groups attached to an aromatic ring is 1. The Labute approximate surface area is 142 Å². The molecule has 1 atom stereocenters. The molecule has 13 heteroatoms. The summed E-state index contributed by atoms with van der Waals surface area (Å²) in [6, 6.07) is 1.75. The molecule has 2 aromatic heterocycles. The van der Waals surface area contributed by atoms with Crippen molar-refractivity contribution in [3.8, 4) is 0 Å². The number of carbonyl (C=O) groups is 1. The number of hydrogen-bond acceptors (Lipinski definition) is 8. The highest BCUT2D eigenvalue weighted by molar-refractivity contribution is 7.17. The molecular weight excluding hydrogens is 365 g/mol. The molecule has 0 aromatic carbocycles. The zero-order valence-electron chi connectivity index (χ0n) is 12.5. The molecule has 0 saturated carbocycles. The first-order chi connectivity index (χ1) is 11.5. The molecule has 2 aromatic rings. The van der Waals surface area contributed by atoms with Crippen LogP contribution in [0.5, 0.6) is 0 Å². The number of hydrogen-bond donors (Lipinski definition) is 3. The number of anilines is 2.